The first-order chi connectivity index (χ1) is 6.75. The van der Waals surface area contributed by atoms with Crippen LogP contribution in [0.4, 0.5) is 0 Å². The van der Waals surface area contributed by atoms with E-state index in [-0.39, 0.29) is 5.56 Å². The summed E-state index contributed by atoms with van der Waals surface area (Å²) in [5.74, 6) is 0.715. The van der Waals surface area contributed by atoms with E-state index >= 15 is 0 Å². The zero-order chi connectivity index (χ0) is 9.97. The average Bonchev–Trinajstić information content (AvgIpc) is 2.19. The molecule has 0 saturated carbocycles. The molecule has 0 amide bonds. The molecule has 14 heavy (non-hydrogen) atoms. The highest BCUT2D eigenvalue weighted by Crippen LogP contribution is 2.11. The molecule has 0 aliphatic heterocycles. The highest BCUT2D eigenvalue weighted by atomic mass is 16.1. The van der Waals surface area contributed by atoms with Gasteiger partial charge in [0.05, 0.1) is 5.69 Å². The van der Waals surface area contributed by atoms with Gasteiger partial charge in [0.25, 0.3) is 0 Å². The Morgan fingerprint density at radius 3 is 2.57 bits per heavy atom. The summed E-state index contributed by atoms with van der Waals surface area (Å²) < 4.78 is 0. The van der Waals surface area contributed by atoms with Crippen molar-refractivity contribution in [2.75, 3.05) is 0 Å². The Labute approximate surface area is 80.7 Å². The topological polar surface area (TPSA) is 58.6 Å². The van der Waals surface area contributed by atoms with Crippen LogP contribution >= 0.6 is 0 Å². The van der Waals surface area contributed by atoms with Crippen LogP contribution in [0.1, 0.15) is 5.82 Å². The maximum absolute atomic E-state index is 11.0. The minimum Gasteiger partial charge on any atom is -0.322 e. The minimum absolute atomic E-state index is 0.122. The van der Waals surface area contributed by atoms with Gasteiger partial charge >= 0.3 is 0 Å². The van der Waals surface area contributed by atoms with Crippen LogP contribution in [0.25, 0.3) is 11.3 Å². The largest absolute Gasteiger partial charge is 0.322 e. The van der Waals surface area contributed by atoms with Crippen molar-refractivity contribution in [1.82, 2.24) is 15.0 Å². The molecule has 2 aromatic rings. The molecular formula is C10H9N3O. The standard InChI is InChI=1S/C10H9N3O/c1-7-11-5-8(6-12-7)9-3-2-4-10(14)13-9/h2-6H,1H3,(H,13,14). The Bertz CT molecular complexity index is 487. The van der Waals surface area contributed by atoms with Gasteiger partial charge in [-0.25, -0.2) is 9.97 Å². The van der Waals surface area contributed by atoms with Gasteiger partial charge in [-0.15, -0.1) is 0 Å². The van der Waals surface area contributed by atoms with E-state index in [0.29, 0.717) is 5.82 Å². The molecule has 0 bridgehead atoms. The van der Waals surface area contributed by atoms with Crippen LogP contribution in [-0.2, 0) is 0 Å². The van der Waals surface area contributed by atoms with Crippen molar-refractivity contribution in [1.29, 1.82) is 0 Å². The zero-order valence-corrected chi connectivity index (χ0v) is 7.69. The predicted octanol–water partition coefficient (Wildman–Crippen LogP) is 1.14. The molecule has 2 rings (SSSR count). The van der Waals surface area contributed by atoms with Gasteiger partial charge in [-0.05, 0) is 13.0 Å². The molecule has 0 saturated heterocycles. The number of rotatable bonds is 1. The smallest absolute Gasteiger partial charge is 0.248 e. The molecule has 0 aromatic carbocycles. The number of hydrogen-bond acceptors (Lipinski definition) is 3. The summed E-state index contributed by atoms with van der Waals surface area (Å²) in [7, 11) is 0. The third kappa shape index (κ3) is 1.69. The molecule has 70 valence electrons. The van der Waals surface area contributed by atoms with Gasteiger partial charge in [-0.3, -0.25) is 4.79 Å². The Morgan fingerprint density at radius 2 is 1.93 bits per heavy atom. The van der Waals surface area contributed by atoms with Gasteiger partial charge in [0.2, 0.25) is 5.56 Å². The lowest BCUT2D eigenvalue weighted by molar-refractivity contribution is 1.05. The molecule has 0 fully saturated rings. The van der Waals surface area contributed by atoms with Crippen LogP contribution < -0.4 is 5.56 Å². The molecule has 0 spiro atoms. The third-order valence-corrected chi connectivity index (χ3v) is 1.86. The lowest BCUT2D eigenvalue weighted by Crippen LogP contribution is -2.03. The second-order valence-corrected chi connectivity index (χ2v) is 2.95. The van der Waals surface area contributed by atoms with Crippen molar-refractivity contribution in [3.8, 4) is 11.3 Å². The summed E-state index contributed by atoms with van der Waals surface area (Å²) in [4.78, 5) is 21.8. The second kappa shape index (κ2) is 3.41. The quantitative estimate of drug-likeness (QED) is 0.728. The number of H-pyrrole nitrogens is 1. The normalized spacial score (nSPS) is 10.1. The highest BCUT2D eigenvalue weighted by Gasteiger charge is 1.98. The fourth-order valence-corrected chi connectivity index (χ4v) is 1.15. The fourth-order valence-electron chi connectivity index (χ4n) is 1.15. The maximum Gasteiger partial charge on any atom is 0.248 e. The number of pyridine rings is 1. The van der Waals surface area contributed by atoms with Crippen molar-refractivity contribution < 1.29 is 0 Å². The van der Waals surface area contributed by atoms with Crippen LogP contribution in [0.15, 0.2) is 35.4 Å². The highest BCUT2D eigenvalue weighted by molar-refractivity contribution is 5.55. The molecule has 0 atom stereocenters. The third-order valence-electron chi connectivity index (χ3n) is 1.86. The summed E-state index contributed by atoms with van der Waals surface area (Å²) in [6, 6.07) is 4.99. The van der Waals surface area contributed by atoms with E-state index in [4.69, 9.17) is 0 Å². The van der Waals surface area contributed by atoms with Gasteiger partial charge < -0.3 is 4.98 Å². The maximum atomic E-state index is 11.0. The number of nitrogens with one attached hydrogen (secondary N) is 1. The number of aromatic nitrogens is 3. The molecular weight excluding hydrogens is 178 g/mol. The van der Waals surface area contributed by atoms with Gasteiger partial charge in [0, 0.05) is 24.0 Å². The van der Waals surface area contributed by atoms with Gasteiger partial charge in [0.15, 0.2) is 0 Å². The molecule has 1 N–H and O–H groups in total. The van der Waals surface area contributed by atoms with Crippen LogP contribution in [0.3, 0.4) is 0 Å². The van der Waals surface area contributed by atoms with Crippen molar-refractivity contribution >= 4 is 0 Å². The van der Waals surface area contributed by atoms with Crippen LogP contribution in [-0.4, -0.2) is 15.0 Å². The van der Waals surface area contributed by atoms with Gasteiger partial charge in [-0.1, -0.05) is 6.07 Å². The van der Waals surface area contributed by atoms with E-state index in [1.165, 1.54) is 6.07 Å². The van der Waals surface area contributed by atoms with E-state index in [9.17, 15) is 4.79 Å². The van der Waals surface area contributed by atoms with Crippen molar-refractivity contribution in [2.45, 2.75) is 6.92 Å². The van der Waals surface area contributed by atoms with E-state index < -0.39 is 0 Å². The summed E-state index contributed by atoms with van der Waals surface area (Å²) in [5, 5.41) is 0. The summed E-state index contributed by atoms with van der Waals surface area (Å²) >= 11 is 0. The van der Waals surface area contributed by atoms with Crippen molar-refractivity contribution in [3.63, 3.8) is 0 Å². The lowest BCUT2D eigenvalue weighted by Gasteiger charge is -1.99. The molecule has 0 aliphatic rings. The van der Waals surface area contributed by atoms with Crippen LogP contribution in [0.5, 0.6) is 0 Å². The summed E-state index contributed by atoms with van der Waals surface area (Å²) in [6.07, 6.45) is 3.38. The average molecular weight is 187 g/mol. The second-order valence-electron chi connectivity index (χ2n) is 2.95. The van der Waals surface area contributed by atoms with E-state index in [1.54, 1.807) is 18.5 Å². The Balaban J connectivity index is 2.50. The Morgan fingerprint density at radius 1 is 1.21 bits per heavy atom. The lowest BCUT2D eigenvalue weighted by atomic mass is 10.2. The van der Waals surface area contributed by atoms with E-state index in [2.05, 4.69) is 15.0 Å². The van der Waals surface area contributed by atoms with E-state index in [1.807, 2.05) is 13.0 Å². The fraction of sp³-hybridized carbons (Fsp3) is 0.100. The zero-order valence-electron chi connectivity index (χ0n) is 7.69. The molecule has 0 radical (unpaired) electrons. The first-order valence-corrected chi connectivity index (χ1v) is 4.24. The first-order valence-electron chi connectivity index (χ1n) is 4.24. The Hall–Kier alpha value is -1.97. The van der Waals surface area contributed by atoms with Crippen molar-refractivity contribution in [3.05, 3.63) is 46.8 Å². The number of nitrogens with zero attached hydrogens (tertiary/aromatic N) is 2. The minimum atomic E-state index is -0.122. The summed E-state index contributed by atoms with van der Waals surface area (Å²) in [6.45, 7) is 1.82. The SMILES string of the molecule is Cc1ncc(-c2cccc(=O)[nH]2)cn1. The van der Waals surface area contributed by atoms with Crippen LogP contribution in [0.2, 0.25) is 0 Å². The Kier molecular flexibility index (Phi) is 2.10. The number of hydrogen-bond donors (Lipinski definition) is 1. The molecule has 0 unspecified atom stereocenters. The van der Waals surface area contributed by atoms with Gasteiger partial charge in [0.1, 0.15) is 5.82 Å². The first kappa shape index (κ1) is 8.62. The van der Waals surface area contributed by atoms with Gasteiger partial charge in [-0.2, -0.15) is 0 Å². The molecule has 4 nitrogen and oxygen atoms in total. The monoisotopic (exact) mass is 187 g/mol. The molecule has 2 heterocycles. The number of aryl methyl sites for hydroxylation is 1. The van der Waals surface area contributed by atoms with Crippen molar-refractivity contribution in [2.24, 2.45) is 0 Å². The van der Waals surface area contributed by atoms with E-state index in [0.717, 1.165) is 11.3 Å². The molecule has 0 aliphatic carbocycles. The number of aromatic amines is 1. The molecule has 4 heteroatoms. The summed E-state index contributed by atoms with van der Waals surface area (Å²) in [5.41, 5.74) is 1.42. The predicted molar refractivity (Wildman–Crippen MR) is 52.8 cm³/mol. The van der Waals surface area contributed by atoms with Crippen LogP contribution in [0, 0.1) is 6.92 Å². The molecule has 2 aromatic heterocycles.